The Balaban J connectivity index is 1.77. The number of anilines is 1. The van der Waals surface area contributed by atoms with Crippen LogP contribution >= 0.6 is 22.9 Å². The zero-order valence-electron chi connectivity index (χ0n) is 11.8. The number of hydrogen-bond acceptors (Lipinski definition) is 2. The van der Waals surface area contributed by atoms with E-state index >= 15 is 0 Å². The van der Waals surface area contributed by atoms with Crippen LogP contribution in [0.1, 0.15) is 29.3 Å². The number of rotatable bonds is 2. The molecular formula is C16H17ClN2OS. The molecule has 5 heteroatoms. The van der Waals surface area contributed by atoms with Crippen molar-refractivity contribution in [3.8, 4) is 0 Å². The molecule has 21 heavy (non-hydrogen) atoms. The van der Waals surface area contributed by atoms with E-state index < -0.39 is 0 Å². The van der Waals surface area contributed by atoms with Gasteiger partial charge in [0.15, 0.2) is 0 Å². The average molecular weight is 321 g/mol. The Hall–Kier alpha value is -1.52. The molecule has 1 aliphatic rings. The first-order chi connectivity index (χ1) is 10.2. The van der Waals surface area contributed by atoms with Crippen molar-refractivity contribution >= 4 is 34.7 Å². The van der Waals surface area contributed by atoms with Crippen LogP contribution < -0.4 is 5.32 Å². The number of likely N-dealkylation sites (tertiary alicyclic amines) is 1. The van der Waals surface area contributed by atoms with Gasteiger partial charge in [0.25, 0.3) is 0 Å². The Morgan fingerprint density at radius 1 is 1.38 bits per heavy atom. The summed E-state index contributed by atoms with van der Waals surface area (Å²) in [4.78, 5) is 15.7. The van der Waals surface area contributed by atoms with Gasteiger partial charge >= 0.3 is 6.03 Å². The van der Waals surface area contributed by atoms with Gasteiger partial charge in [0.2, 0.25) is 0 Å². The molecule has 0 spiro atoms. The van der Waals surface area contributed by atoms with Gasteiger partial charge in [-0.05, 0) is 48.9 Å². The molecule has 3 nitrogen and oxygen atoms in total. The molecular weight excluding hydrogens is 304 g/mol. The molecule has 1 atom stereocenters. The molecule has 0 aliphatic carbocycles. The number of nitrogens with one attached hydrogen (secondary N) is 1. The Kier molecular flexibility index (Phi) is 4.17. The summed E-state index contributed by atoms with van der Waals surface area (Å²) in [7, 11) is 0. The third-order valence-electron chi connectivity index (χ3n) is 3.89. The van der Waals surface area contributed by atoms with E-state index in [9.17, 15) is 4.79 Å². The molecule has 1 saturated heterocycles. The highest BCUT2D eigenvalue weighted by Gasteiger charge is 2.30. The standard InChI is InChI=1S/C16H17ClN2OS/c1-11-12(17)5-2-6-13(11)18-16(20)19-9-3-7-14(19)15-8-4-10-21-15/h2,4-6,8,10,14H,3,7,9H2,1H3,(H,18,20)/t14-/m1/s1. The monoisotopic (exact) mass is 320 g/mol. The highest BCUT2D eigenvalue weighted by atomic mass is 35.5. The van der Waals surface area contributed by atoms with Crippen molar-refractivity contribution in [2.75, 3.05) is 11.9 Å². The molecule has 3 rings (SSSR count). The quantitative estimate of drug-likeness (QED) is 0.822. The smallest absolute Gasteiger partial charge is 0.317 e. The van der Waals surface area contributed by atoms with Crippen LogP contribution in [0.4, 0.5) is 10.5 Å². The molecule has 1 N–H and O–H groups in total. The topological polar surface area (TPSA) is 32.3 Å². The second-order valence-electron chi connectivity index (χ2n) is 5.21. The summed E-state index contributed by atoms with van der Waals surface area (Å²) in [6, 6.07) is 9.86. The van der Waals surface area contributed by atoms with E-state index in [2.05, 4.69) is 16.8 Å². The van der Waals surface area contributed by atoms with Crippen LogP contribution in [0.15, 0.2) is 35.7 Å². The zero-order valence-corrected chi connectivity index (χ0v) is 13.4. The van der Waals surface area contributed by atoms with Gasteiger partial charge in [-0.25, -0.2) is 4.79 Å². The van der Waals surface area contributed by atoms with Crippen molar-refractivity contribution in [2.45, 2.75) is 25.8 Å². The SMILES string of the molecule is Cc1c(Cl)cccc1NC(=O)N1CCC[C@@H]1c1cccs1. The first-order valence-electron chi connectivity index (χ1n) is 7.03. The second-order valence-corrected chi connectivity index (χ2v) is 6.60. The molecule has 2 aromatic rings. The lowest BCUT2D eigenvalue weighted by Crippen LogP contribution is -2.34. The minimum atomic E-state index is -0.0451. The lowest BCUT2D eigenvalue weighted by molar-refractivity contribution is 0.208. The lowest BCUT2D eigenvalue weighted by Gasteiger charge is -2.24. The molecule has 0 radical (unpaired) electrons. The van der Waals surface area contributed by atoms with Gasteiger partial charge < -0.3 is 10.2 Å². The van der Waals surface area contributed by atoms with Gasteiger partial charge in [0.05, 0.1) is 6.04 Å². The van der Waals surface area contributed by atoms with Crippen LogP contribution in [0.5, 0.6) is 0 Å². The summed E-state index contributed by atoms with van der Waals surface area (Å²) in [5.41, 5.74) is 1.68. The number of carbonyl (C=O) groups excluding carboxylic acids is 1. The summed E-state index contributed by atoms with van der Waals surface area (Å²) < 4.78 is 0. The predicted octanol–water partition coefficient (Wildman–Crippen LogP) is 5.08. The van der Waals surface area contributed by atoms with Crippen molar-refractivity contribution in [2.24, 2.45) is 0 Å². The Morgan fingerprint density at radius 3 is 3.00 bits per heavy atom. The molecule has 1 fully saturated rings. The van der Waals surface area contributed by atoms with Gasteiger partial charge in [-0.3, -0.25) is 0 Å². The molecule has 110 valence electrons. The van der Waals surface area contributed by atoms with Crippen LogP contribution in [0, 0.1) is 6.92 Å². The van der Waals surface area contributed by atoms with Crippen LogP contribution in [-0.4, -0.2) is 17.5 Å². The number of nitrogens with zero attached hydrogens (tertiary/aromatic N) is 1. The molecule has 0 bridgehead atoms. The summed E-state index contributed by atoms with van der Waals surface area (Å²) in [6.07, 6.45) is 2.08. The summed E-state index contributed by atoms with van der Waals surface area (Å²) in [5, 5.41) is 5.72. The van der Waals surface area contributed by atoms with Gasteiger partial charge in [-0.2, -0.15) is 0 Å². The van der Waals surface area contributed by atoms with Gasteiger partial charge in [0.1, 0.15) is 0 Å². The molecule has 1 aliphatic heterocycles. The molecule has 2 amide bonds. The van der Waals surface area contributed by atoms with E-state index in [1.54, 1.807) is 11.3 Å². The zero-order chi connectivity index (χ0) is 14.8. The highest BCUT2D eigenvalue weighted by molar-refractivity contribution is 7.10. The number of thiophene rings is 1. The summed E-state index contributed by atoms with van der Waals surface area (Å²) in [6.45, 7) is 2.71. The van der Waals surface area contributed by atoms with E-state index in [0.717, 1.165) is 30.6 Å². The maximum Gasteiger partial charge on any atom is 0.322 e. The van der Waals surface area contributed by atoms with Crippen LogP contribution in [0.25, 0.3) is 0 Å². The number of urea groups is 1. The molecule has 0 unspecified atom stereocenters. The lowest BCUT2D eigenvalue weighted by atomic mass is 10.2. The minimum Gasteiger partial charge on any atom is -0.317 e. The van der Waals surface area contributed by atoms with Crippen LogP contribution in [0.3, 0.4) is 0 Å². The third-order valence-corrected chi connectivity index (χ3v) is 5.28. The highest BCUT2D eigenvalue weighted by Crippen LogP contribution is 2.35. The summed E-state index contributed by atoms with van der Waals surface area (Å²) >= 11 is 7.81. The Morgan fingerprint density at radius 2 is 2.24 bits per heavy atom. The molecule has 1 aromatic carbocycles. The van der Waals surface area contributed by atoms with Crippen LogP contribution in [-0.2, 0) is 0 Å². The van der Waals surface area contributed by atoms with Crippen molar-refractivity contribution < 1.29 is 4.79 Å². The molecule has 2 heterocycles. The van der Waals surface area contributed by atoms with Crippen molar-refractivity contribution in [3.05, 3.63) is 51.2 Å². The predicted molar refractivity (Wildman–Crippen MR) is 88.2 cm³/mol. The normalized spacial score (nSPS) is 18.0. The number of hydrogen-bond donors (Lipinski definition) is 1. The van der Waals surface area contributed by atoms with E-state index in [-0.39, 0.29) is 12.1 Å². The van der Waals surface area contributed by atoms with E-state index in [4.69, 9.17) is 11.6 Å². The first-order valence-corrected chi connectivity index (χ1v) is 8.28. The van der Waals surface area contributed by atoms with Crippen molar-refractivity contribution in [1.82, 2.24) is 4.90 Å². The van der Waals surface area contributed by atoms with Crippen molar-refractivity contribution in [3.63, 3.8) is 0 Å². The molecule has 0 saturated carbocycles. The number of carbonyl (C=O) groups is 1. The van der Waals surface area contributed by atoms with E-state index in [0.29, 0.717) is 5.02 Å². The largest absolute Gasteiger partial charge is 0.322 e. The summed E-state index contributed by atoms with van der Waals surface area (Å²) in [5.74, 6) is 0. The molecule has 1 aromatic heterocycles. The Labute approximate surface area is 133 Å². The van der Waals surface area contributed by atoms with Crippen molar-refractivity contribution in [1.29, 1.82) is 0 Å². The maximum absolute atomic E-state index is 12.6. The third kappa shape index (κ3) is 2.92. The fraction of sp³-hybridized carbons (Fsp3) is 0.312. The number of halogens is 1. The first kappa shape index (κ1) is 14.4. The van der Waals surface area contributed by atoms with Gasteiger partial charge in [0, 0.05) is 22.1 Å². The Bertz CT molecular complexity index is 642. The fourth-order valence-electron chi connectivity index (χ4n) is 2.72. The number of benzene rings is 1. The van der Waals surface area contributed by atoms with E-state index in [1.807, 2.05) is 36.1 Å². The minimum absolute atomic E-state index is 0.0451. The average Bonchev–Trinajstić information content (AvgIpc) is 3.13. The number of amides is 2. The fourth-order valence-corrected chi connectivity index (χ4v) is 3.76. The second kappa shape index (κ2) is 6.08. The van der Waals surface area contributed by atoms with Gasteiger partial charge in [-0.1, -0.05) is 23.7 Å². The van der Waals surface area contributed by atoms with Gasteiger partial charge in [-0.15, -0.1) is 11.3 Å². The van der Waals surface area contributed by atoms with Crippen LogP contribution in [0.2, 0.25) is 5.02 Å². The van der Waals surface area contributed by atoms with E-state index in [1.165, 1.54) is 4.88 Å². The maximum atomic E-state index is 12.6.